The van der Waals surface area contributed by atoms with Gasteiger partial charge in [-0.15, -0.1) is 0 Å². The number of hydrogen-bond donors (Lipinski definition) is 0. The lowest BCUT2D eigenvalue weighted by Crippen LogP contribution is -2.20. The van der Waals surface area contributed by atoms with Crippen molar-refractivity contribution in [1.82, 2.24) is 0 Å². The molecule has 0 unspecified atom stereocenters. The fourth-order valence-electron chi connectivity index (χ4n) is 1.95. The van der Waals surface area contributed by atoms with Crippen molar-refractivity contribution < 1.29 is 23.5 Å². The summed E-state index contributed by atoms with van der Waals surface area (Å²) in [5.41, 5.74) is -0.864. The first-order chi connectivity index (χ1) is 11.2. The first-order valence-electron chi connectivity index (χ1n) is 8.21. The van der Waals surface area contributed by atoms with Crippen molar-refractivity contribution in [1.29, 1.82) is 0 Å². The number of carbonyl (C=O) groups is 2. The normalized spacial score (nSPS) is 11.0. The Bertz CT molecular complexity index is 627. The van der Waals surface area contributed by atoms with Gasteiger partial charge in [0.1, 0.15) is 11.3 Å². The summed E-state index contributed by atoms with van der Waals surface area (Å²) in [7, 11) is 0. The van der Waals surface area contributed by atoms with Gasteiger partial charge in [0.15, 0.2) is 0 Å². The van der Waals surface area contributed by atoms with Crippen LogP contribution in [0.15, 0.2) is 15.3 Å². The Kier molecular flexibility index (Phi) is 7.68. The third-order valence-corrected chi connectivity index (χ3v) is 3.42. The predicted octanol–water partition coefficient (Wildman–Crippen LogP) is 3.35. The van der Waals surface area contributed by atoms with Crippen LogP contribution < -0.4 is 5.63 Å². The van der Waals surface area contributed by atoms with Crippen molar-refractivity contribution in [3.63, 3.8) is 0 Å². The van der Waals surface area contributed by atoms with Crippen LogP contribution in [0.2, 0.25) is 0 Å². The minimum atomic E-state index is -0.720. The summed E-state index contributed by atoms with van der Waals surface area (Å²) in [4.78, 5) is 36.1. The first-order valence-corrected chi connectivity index (χ1v) is 8.21. The molecule has 0 aliphatic rings. The SMILES string of the molecule is Cc1oc(=O)cc(C(=O)OCCC(C)C)c1C(=O)OCCC(C)C. The van der Waals surface area contributed by atoms with E-state index < -0.39 is 17.6 Å². The molecule has 1 aromatic rings. The topological polar surface area (TPSA) is 82.8 Å². The zero-order chi connectivity index (χ0) is 18.3. The second-order valence-corrected chi connectivity index (χ2v) is 6.55. The fourth-order valence-corrected chi connectivity index (χ4v) is 1.95. The predicted molar refractivity (Wildman–Crippen MR) is 89.2 cm³/mol. The molecule has 0 aliphatic heterocycles. The Morgan fingerprint density at radius 3 is 2.00 bits per heavy atom. The lowest BCUT2D eigenvalue weighted by Gasteiger charge is -2.12. The highest BCUT2D eigenvalue weighted by Crippen LogP contribution is 2.16. The highest BCUT2D eigenvalue weighted by Gasteiger charge is 2.24. The molecular weight excluding hydrogens is 312 g/mol. The van der Waals surface area contributed by atoms with E-state index in [4.69, 9.17) is 13.9 Å². The van der Waals surface area contributed by atoms with E-state index in [1.807, 2.05) is 27.7 Å². The van der Waals surface area contributed by atoms with Crippen LogP contribution in [0.4, 0.5) is 0 Å². The maximum Gasteiger partial charge on any atom is 0.342 e. The molecule has 0 N–H and O–H groups in total. The summed E-state index contributed by atoms with van der Waals surface area (Å²) >= 11 is 0. The zero-order valence-corrected chi connectivity index (χ0v) is 15.0. The Morgan fingerprint density at radius 1 is 1.00 bits per heavy atom. The minimum Gasteiger partial charge on any atom is -0.462 e. The van der Waals surface area contributed by atoms with E-state index in [1.54, 1.807) is 0 Å². The number of carbonyl (C=O) groups excluding carboxylic acids is 2. The monoisotopic (exact) mass is 338 g/mol. The molecule has 0 fully saturated rings. The molecule has 0 spiro atoms. The van der Waals surface area contributed by atoms with Gasteiger partial charge in [0.25, 0.3) is 0 Å². The summed E-state index contributed by atoms with van der Waals surface area (Å²) in [6.45, 7) is 9.94. The molecule has 6 heteroatoms. The molecule has 0 saturated carbocycles. The second-order valence-electron chi connectivity index (χ2n) is 6.55. The van der Waals surface area contributed by atoms with E-state index >= 15 is 0 Å². The lowest BCUT2D eigenvalue weighted by atomic mass is 10.1. The standard InChI is InChI=1S/C18H26O6/c1-11(2)6-8-22-17(20)14-10-15(19)24-13(5)16(14)18(21)23-9-7-12(3)4/h10-12H,6-9H2,1-5H3. The molecule has 0 saturated heterocycles. The van der Waals surface area contributed by atoms with Crippen LogP contribution >= 0.6 is 0 Å². The van der Waals surface area contributed by atoms with Gasteiger partial charge in [0, 0.05) is 6.07 Å². The molecule has 134 valence electrons. The van der Waals surface area contributed by atoms with Crippen molar-refractivity contribution in [2.45, 2.75) is 47.5 Å². The van der Waals surface area contributed by atoms with Gasteiger partial charge in [0.2, 0.25) is 0 Å². The van der Waals surface area contributed by atoms with Gasteiger partial charge in [-0.2, -0.15) is 0 Å². The average Bonchev–Trinajstić information content (AvgIpc) is 2.45. The molecule has 0 bridgehead atoms. The molecule has 1 aromatic heterocycles. The number of esters is 2. The van der Waals surface area contributed by atoms with Crippen LogP contribution in [0.5, 0.6) is 0 Å². The van der Waals surface area contributed by atoms with E-state index in [9.17, 15) is 14.4 Å². The highest BCUT2D eigenvalue weighted by molar-refractivity contribution is 6.03. The number of hydrogen-bond acceptors (Lipinski definition) is 6. The van der Waals surface area contributed by atoms with Crippen molar-refractivity contribution in [2.24, 2.45) is 11.8 Å². The van der Waals surface area contributed by atoms with E-state index in [-0.39, 0.29) is 30.1 Å². The molecule has 6 nitrogen and oxygen atoms in total. The van der Waals surface area contributed by atoms with Crippen LogP contribution in [-0.2, 0) is 9.47 Å². The Balaban J connectivity index is 2.96. The first kappa shape index (κ1) is 19.9. The molecule has 0 radical (unpaired) electrons. The van der Waals surface area contributed by atoms with Gasteiger partial charge in [0.05, 0.1) is 18.8 Å². The van der Waals surface area contributed by atoms with Crippen LogP contribution in [0.25, 0.3) is 0 Å². The van der Waals surface area contributed by atoms with Crippen molar-refractivity contribution in [3.8, 4) is 0 Å². The van der Waals surface area contributed by atoms with Gasteiger partial charge in [-0.3, -0.25) is 0 Å². The van der Waals surface area contributed by atoms with E-state index in [1.165, 1.54) is 6.92 Å². The number of aryl methyl sites for hydroxylation is 1. The van der Waals surface area contributed by atoms with Gasteiger partial charge >= 0.3 is 17.6 Å². The quantitative estimate of drug-likeness (QED) is 0.676. The minimum absolute atomic E-state index is 0.0482. The van der Waals surface area contributed by atoms with Crippen LogP contribution in [0.1, 0.15) is 67.0 Å². The van der Waals surface area contributed by atoms with Crippen LogP contribution in [0, 0.1) is 18.8 Å². The van der Waals surface area contributed by atoms with E-state index in [2.05, 4.69) is 0 Å². The summed E-state index contributed by atoms with van der Waals surface area (Å²) in [6, 6.07) is 0.976. The second kappa shape index (κ2) is 9.25. The number of ether oxygens (including phenoxy) is 2. The van der Waals surface area contributed by atoms with Crippen molar-refractivity contribution in [2.75, 3.05) is 13.2 Å². The molecule has 0 atom stereocenters. The van der Waals surface area contributed by atoms with Crippen LogP contribution in [0.3, 0.4) is 0 Å². The zero-order valence-electron chi connectivity index (χ0n) is 15.0. The maximum absolute atomic E-state index is 12.3. The molecular formula is C18H26O6. The van der Waals surface area contributed by atoms with Crippen molar-refractivity contribution in [3.05, 3.63) is 33.4 Å². The van der Waals surface area contributed by atoms with Gasteiger partial charge in [-0.25, -0.2) is 14.4 Å². The molecule has 1 rings (SSSR count). The van der Waals surface area contributed by atoms with Crippen LogP contribution in [-0.4, -0.2) is 25.2 Å². The lowest BCUT2D eigenvalue weighted by molar-refractivity contribution is 0.0435. The molecule has 24 heavy (non-hydrogen) atoms. The summed E-state index contributed by atoms with van der Waals surface area (Å²) < 4.78 is 15.3. The number of rotatable bonds is 8. The van der Waals surface area contributed by atoms with E-state index in [0.717, 1.165) is 6.07 Å². The largest absolute Gasteiger partial charge is 0.462 e. The summed E-state index contributed by atoms with van der Waals surface area (Å²) in [5.74, 6) is -0.600. The Labute approximate surface area is 142 Å². The Morgan fingerprint density at radius 2 is 1.50 bits per heavy atom. The smallest absolute Gasteiger partial charge is 0.342 e. The highest BCUT2D eigenvalue weighted by atomic mass is 16.5. The molecule has 0 aromatic carbocycles. The van der Waals surface area contributed by atoms with Gasteiger partial charge in [-0.05, 0) is 31.6 Å². The van der Waals surface area contributed by atoms with Crippen molar-refractivity contribution >= 4 is 11.9 Å². The maximum atomic E-state index is 12.3. The summed E-state index contributed by atoms with van der Waals surface area (Å²) in [5, 5.41) is 0. The molecule has 0 aliphatic carbocycles. The molecule has 1 heterocycles. The fraction of sp³-hybridized carbons (Fsp3) is 0.611. The molecule has 0 amide bonds. The summed E-state index contributed by atoms with van der Waals surface area (Å²) in [6.07, 6.45) is 1.40. The third-order valence-electron chi connectivity index (χ3n) is 3.42. The Hall–Kier alpha value is -2.11. The third kappa shape index (κ3) is 6.18. The van der Waals surface area contributed by atoms with Gasteiger partial charge < -0.3 is 13.9 Å². The van der Waals surface area contributed by atoms with Gasteiger partial charge in [-0.1, -0.05) is 27.7 Å². The average molecular weight is 338 g/mol. The van der Waals surface area contributed by atoms with E-state index in [0.29, 0.717) is 24.7 Å².